The number of benzene rings is 6. The van der Waals surface area contributed by atoms with E-state index in [4.69, 9.17) is 0 Å². The Balaban J connectivity index is -0.00000121. The number of hydrogen-bond donors (Lipinski definition) is 0. The summed E-state index contributed by atoms with van der Waals surface area (Å²) in [4.78, 5) is 0. The average molecular weight is 1580 g/mol. The van der Waals surface area contributed by atoms with Gasteiger partial charge in [0.15, 0.2) is 0 Å². The third kappa shape index (κ3) is 64.9. The summed E-state index contributed by atoms with van der Waals surface area (Å²) in [6.45, 7) is 103. The van der Waals surface area contributed by atoms with Crippen LogP contribution in [-0.2, 0) is 18.3 Å². The standard InChI is InChI=1S/C17H20.2C12H18.C11H22.C11H16.C10H20.C10H14.C9H20.2C8H18.C7H16/c1-17(2,3)16(14-10-6-4-7-11-14)15-12-8-5-9-13-15;1-10-7-5-6-8-11(10)9-12(2,3)4;1-10(12(2,3)4)11-8-6-5-7-9-11;2*1-11(2,3)9-10-7-5-4-6-8-10;2*1-10(2,3)9-7-5-4-6-8-9;1-8(2,3)7-9(4,5)6;1-7(2)6-8(3,4)5;1-7(2,3)8(4,5)6;1-6(2)7(3,4)5/h4-13,16H,1-3H3;5-8H,9H2,1-4H3;5-10H,1-4H3;10H,4-9H2,1-3H3;4-8H,9H2,1-3H3;9H,4-8H2,1-3H3;4-8H,1-3H3;7H2,1-6H3;7H,6H2,1-5H3;1-6H3;6H,1-5H3. The summed E-state index contributed by atoms with van der Waals surface area (Å²) < 4.78 is 0. The highest BCUT2D eigenvalue weighted by molar-refractivity contribution is 5.34. The monoisotopic (exact) mass is 1580 g/mol. The second-order valence-electron chi connectivity index (χ2n) is 50.1. The van der Waals surface area contributed by atoms with Crippen molar-refractivity contribution >= 4 is 0 Å². The molecule has 2 saturated carbocycles. The van der Waals surface area contributed by atoms with Crippen LogP contribution in [0.2, 0.25) is 0 Å². The molecule has 0 amide bonds. The number of hydrogen-bond acceptors (Lipinski definition) is 0. The van der Waals surface area contributed by atoms with E-state index in [9.17, 15) is 0 Å². The van der Waals surface area contributed by atoms with Gasteiger partial charge in [-0.05, 0) is 191 Å². The Bertz CT molecular complexity index is 3180. The molecule has 0 heteroatoms. The smallest absolute Gasteiger partial charge is 0.0138 e. The summed E-state index contributed by atoms with van der Waals surface area (Å²) in [6, 6.07) is 62.0. The largest absolute Gasteiger partial charge is 0.0628 e. The molecule has 1 atom stereocenters. The molecule has 0 nitrogen and oxygen atoms in total. The summed E-state index contributed by atoms with van der Waals surface area (Å²) in [5.41, 5.74) is 15.6. The van der Waals surface area contributed by atoms with Crippen LogP contribution in [0.1, 0.15) is 439 Å². The van der Waals surface area contributed by atoms with Gasteiger partial charge >= 0.3 is 0 Å². The van der Waals surface area contributed by atoms with Crippen LogP contribution in [0.5, 0.6) is 0 Å². The molecule has 0 N–H and O–H groups in total. The Labute approximate surface area is 724 Å². The van der Waals surface area contributed by atoms with Crippen molar-refractivity contribution in [3.8, 4) is 0 Å². The summed E-state index contributed by atoms with van der Waals surface area (Å²) in [5.74, 6) is 4.76. The van der Waals surface area contributed by atoms with Crippen molar-refractivity contribution in [3.05, 3.63) is 215 Å². The molecule has 0 spiro atoms. The fraction of sp³-hybridized carbons (Fsp3) is 0.687. The van der Waals surface area contributed by atoms with E-state index in [1.165, 1.54) is 129 Å². The van der Waals surface area contributed by atoms with Crippen molar-refractivity contribution in [2.45, 2.75) is 425 Å². The van der Waals surface area contributed by atoms with E-state index in [1.54, 1.807) is 0 Å². The molecule has 2 fully saturated rings. The molecule has 0 aromatic heterocycles. The van der Waals surface area contributed by atoms with Crippen LogP contribution in [0.25, 0.3) is 0 Å². The minimum absolute atomic E-state index is 0.225. The van der Waals surface area contributed by atoms with Crippen LogP contribution in [0.4, 0.5) is 0 Å². The Kier molecular flexibility index (Phi) is 52.2. The van der Waals surface area contributed by atoms with Gasteiger partial charge in [0.25, 0.3) is 0 Å². The lowest BCUT2D eigenvalue weighted by Crippen LogP contribution is -2.25. The average Bonchev–Trinajstić information content (AvgIpc) is 0.808. The molecule has 0 radical (unpaired) electrons. The topological polar surface area (TPSA) is 0 Å². The van der Waals surface area contributed by atoms with Crippen LogP contribution in [0, 0.1) is 95.6 Å². The minimum atomic E-state index is 0.225. The van der Waals surface area contributed by atoms with Crippen LogP contribution >= 0.6 is 0 Å². The zero-order chi connectivity index (χ0) is 90.1. The maximum absolute atomic E-state index is 2.38. The van der Waals surface area contributed by atoms with Crippen molar-refractivity contribution in [2.24, 2.45) is 88.7 Å². The van der Waals surface area contributed by atoms with Gasteiger partial charge in [-0.25, -0.2) is 0 Å². The molecule has 1 unspecified atom stereocenters. The molecule has 0 heterocycles. The van der Waals surface area contributed by atoms with E-state index in [0.717, 1.165) is 30.1 Å². The molecule has 6 aromatic rings. The van der Waals surface area contributed by atoms with E-state index in [2.05, 4.69) is 487 Å². The number of rotatable bonds is 7. The third-order valence-corrected chi connectivity index (χ3v) is 22.4. The molecule has 2 aliphatic carbocycles. The van der Waals surface area contributed by atoms with Gasteiger partial charge in [-0.2, -0.15) is 0 Å². The van der Waals surface area contributed by atoms with Gasteiger partial charge in [0.05, 0.1) is 0 Å². The van der Waals surface area contributed by atoms with Gasteiger partial charge in [-0.15, -0.1) is 0 Å². The van der Waals surface area contributed by atoms with Crippen molar-refractivity contribution in [2.75, 3.05) is 0 Å². The van der Waals surface area contributed by atoms with Gasteiger partial charge < -0.3 is 0 Å². The predicted octanol–water partition coefficient (Wildman–Crippen LogP) is 38.5. The lowest BCUT2D eigenvalue weighted by molar-refractivity contribution is 0.157. The van der Waals surface area contributed by atoms with Gasteiger partial charge in [-0.1, -0.05) is 532 Å². The summed E-state index contributed by atoms with van der Waals surface area (Å²) >= 11 is 0. The first kappa shape index (κ1) is 114. The van der Waals surface area contributed by atoms with E-state index in [-0.39, 0.29) is 5.41 Å². The van der Waals surface area contributed by atoms with Gasteiger partial charge in [-0.3, -0.25) is 0 Å². The Hall–Kier alpha value is -4.68. The van der Waals surface area contributed by atoms with E-state index in [0.29, 0.717) is 76.8 Å². The van der Waals surface area contributed by atoms with Gasteiger partial charge in [0.2, 0.25) is 0 Å². The van der Waals surface area contributed by atoms with Gasteiger partial charge in [0.1, 0.15) is 0 Å². The molecule has 0 aliphatic heterocycles. The molecular formula is C115H200. The molecular weight excluding hydrogens is 1380 g/mol. The SMILES string of the molecule is CC(C)(C)C(C)(C)C.CC(C)(C)C(c1ccccc1)c1ccccc1.CC(C)(C)C1CCCCC1.CC(C)(C)CC(C)(C)C.CC(C)(C)CC1CCCCC1.CC(C)(C)Cc1ccccc1.CC(C)(C)c1ccccc1.CC(C)C(C)(C)C.CC(C)CC(C)(C)C.CC(c1ccccc1)C(C)(C)C.Cc1ccccc1CC(C)(C)C. The Morgan fingerprint density at radius 3 is 0.861 bits per heavy atom. The normalized spacial score (nSPS) is 14.4. The molecule has 6 aromatic carbocycles. The fourth-order valence-electron chi connectivity index (χ4n) is 14.3. The Morgan fingerprint density at radius 1 is 0.304 bits per heavy atom. The maximum atomic E-state index is 2.38. The highest BCUT2D eigenvalue weighted by Gasteiger charge is 2.30. The van der Waals surface area contributed by atoms with Crippen LogP contribution in [-0.4, -0.2) is 0 Å². The van der Waals surface area contributed by atoms with E-state index >= 15 is 0 Å². The molecule has 115 heavy (non-hydrogen) atoms. The van der Waals surface area contributed by atoms with Crippen LogP contribution in [0.3, 0.4) is 0 Å². The molecule has 2 aliphatic rings. The Morgan fingerprint density at radius 2 is 0.626 bits per heavy atom. The number of aryl methyl sites for hydroxylation is 1. The lowest BCUT2D eigenvalue weighted by Gasteiger charge is -2.34. The second kappa shape index (κ2) is 52.5. The van der Waals surface area contributed by atoms with Crippen LogP contribution < -0.4 is 0 Å². The predicted molar refractivity (Wildman–Crippen MR) is 530 cm³/mol. The van der Waals surface area contributed by atoms with Crippen molar-refractivity contribution < 1.29 is 0 Å². The first-order chi connectivity index (χ1) is 51.8. The quantitative estimate of drug-likeness (QED) is 0.149. The van der Waals surface area contributed by atoms with Crippen molar-refractivity contribution in [1.82, 2.24) is 0 Å². The molecule has 0 saturated heterocycles. The highest BCUT2D eigenvalue weighted by atomic mass is 14.3. The first-order valence-electron chi connectivity index (χ1n) is 46.1. The lowest BCUT2D eigenvalue weighted by atomic mass is 9.71. The molecule has 0 bridgehead atoms. The zero-order valence-corrected chi connectivity index (χ0v) is 85.8. The summed E-state index contributed by atoms with van der Waals surface area (Å²) in [6.07, 6.45) is 21.2. The summed E-state index contributed by atoms with van der Waals surface area (Å²) in [5, 5.41) is 0. The van der Waals surface area contributed by atoms with Crippen LogP contribution in [0.15, 0.2) is 176 Å². The third-order valence-electron chi connectivity index (χ3n) is 22.4. The first-order valence-corrected chi connectivity index (χ1v) is 46.1. The van der Waals surface area contributed by atoms with Crippen molar-refractivity contribution in [3.63, 3.8) is 0 Å². The highest BCUT2D eigenvalue weighted by Crippen LogP contribution is 2.42. The zero-order valence-electron chi connectivity index (χ0n) is 85.8. The minimum Gasteiger partial charge on any atom is -0.0628 e. The summed E-state index contributed by atoms with van der Waals surface area (Å²) in [7, 11) is 0. The fourth-order valence-corrected chi connectivity index (χ4v) is 14.3. The molecule has 660 valence electrons. The van der Waals surface area contributed by atoms with E-state index in [1.807, 2.05) is 0 Å². The van der Waals surface area contributed by atoms with Gasteiger partial charge in [0, 0.05) is 5.92 Å². The molecule has 8 rings (SSSR count). The second-order valence-corrected chi connectivity index (χ2v) is 50.1. The van der Waals surface area contributed by atoms with Crippen molar-refractivity contribution in [1.29, 1.82) is 0 Å². The maximum Gasteiger partial charge on any atom is 0.0138 e. The van der Waals surface area contributed by atoms with E-state index < -0.39 is 0 Å².